The zero-order chi connectivity index (χ0) is 21.9. The molecule has 0 rings (SSSR count). The van der Waals surface area contributed by atoms with E-state index in [1.54, 1.807) is 12.5 Å². The smallest absolute Gasteiger partial charge is 0.342 e. The summed E-state index contributed by atoms with van der Waals surface area (Å²) in [5, 5.41) is 8.59. The largest absolute Gasteiger partial charge is 0.481 e. The number of hydrogen-bond donors (Lipinski definition) is 1. The van der Waals surface area contributed by atoms with E-state index < -0.39 is 18.2 Å². The van der Waals surface area contributed by atoms with Crippen molar-refractivity contribution in [3.63, 3.8) is 0 Å². The average molecular weight is 415 g/mol. The fraction of sp³-hybridized carbons (Fsp3) is 0.727. The first-order chi connectivity index (χ1) is 14.0. The Morgan fingerprint density at radius 2 is 1.34 bits per heavy atom. The van der Waals surface area contributed by atoms with Crippen molar-refractivity contribution in [1.29, 1.82) is 0 Å². The van der Waals surface area contributed by atoms with E-state index in [1.807, 2.05) is 0 Å². The van der Waals surface area contributed by atoms with Crippen LogP contribution >= 0.6 is 0 Å². The van der Waals surface area contributed by atoms with Crippen molar-refractivity contribution < 1.29 is 33.9 Å². The molecule has 0 heterocycles. The minimum atomic E-state index is -1.07. The lowest BCUT2D eigenvalue weighted by Gasteiger charge is -2.17. The van der Waals surface area contributed by atoms with Crippen molar-refractivity contribution in [2.24, 2.45) is 0 Å². The molecule has 0 saturated heterocycles. The second-order valence-electron chi connectivity index (χ2n) is 6.80. The maximum Gasteiger partial charge on any atom is 0.342 e. The standard InChI is InChI=1S/C22H38O7/c1-5-9-11-18(7-3)15-26-22(27-16-19(8-4)12-10-6-2)17-28-29-21(25)14-13-20(23)24/h15-16,22H,5-14,17H2,1-4H3,(H,23,24). The highest BCUT2D eigenvalue weighted by atomic mass is 17.2. The summed E-state index contributed by atoms with van der Waals surface area (Å²) in [5.74, 6) is -1.81. The van der Waals surface area contributed by atoms with Crippen molar-refractivity contribution in [3.05, 3.63) is 23.7 Å². The van der Waals surface area contributed by atoms with Crippen LogP contribution in [-0.4, -0.2) is 29.9 Å². The molecule has 0 aromatic rings. The molecule has 0 saturated carbocycles. The molecular formula is C22H38O7. The molecule has 0 unspecified atom stereocenters. The van der Waals surface area contributed by atoms with Gasteiger partial charge in [0, 0.05) is 0 Å². The number of hydrogen-bond acceptors (Lipinski definition) is 6. The van der Waals surface area contributed by atoms with Crippen molar-refractivity contribution in [1.82, 2.24) is 0 Å². The highest BCUT2D eigenvalue weighted by molar-refractivity contribution is 5.76. The van der Waals surface area contributed by atoms with Gasteiger partial charge in [0.1, 0.15) is 0 Å². The zero-order valence-electron chi connectivity index (χ0n) is 18.4. The van der Waals surface area contributed by atoms with Gasteiger partial charge in [0.05, 0.1) is 25.4 Å². The Morgan fingerprint density at radius 1 is 0.828 bits per heavy atom. The zero-order valence-corrected chi connectivity index (χ0v) is 18.4. The molecule has 29 heavy (non-hydrogen) atoms. The van der Waals surface area contributed by atoms with Crippen LogP contribution in [0.5, 0.6) is 0 Å². The topological polar surface area (TPSA) is 91.3 Å². The van der Waals surface area contributed by atoms with E-state index in [1.165, 1.54) is 11.1 Å². The van der Waals surface area contributed by atoms with Crippen LogP contribution in [0.4, 0.5) is 0 Å². The first-order valence-corrected chi connectivity index (χ1v) is 10.7. The molecule has 7 heteroatoms. The lowest BCUT2D eigenvalue weighted by Crippen LogP contribution is -2.21. The Labute approximate surface area is 175 Å². The number of carboxylic acid groups (broad SMARTS) is 1. The maximum atomic E-state index is 11.5. The fourth-order valence-corrected chi connectivity index (χ4v) is 2.31. The van der Waals surface area contributed by atoms with E-state index in [9.17, 15) is 9.59 Å². The molecule has 0 spiro atoms. The Morgan fingerprint density at radius 3 is 1.76 bits per heavy atom. The predicted octanol–water partition coefficient (Wildman–Crippen LogP) is 5.65. The minimum absolute atomic E-state index is 0.124. The number of unbranched alkanes of at least 4 members (excludes halogenated alkanes) is 2. The van der Waals surface area contributed by atoms with Crippen LogP contribution in [-0.2, 0) is 28.8 Å². The number of rotatable bonds is 18. The third-order valence-electron chi connectivity index (χ3n) is 4.28. The second-order valence-corrected chi connectivity index (χ2v) is 6.80. The molecule has 168 valence electrons. The minimum Gasteiger partial charge on any atom is -0.481 e. The fourth-order valence-electron chi connectivity index (χ4n) is 2.31. The van der Waals surface area contributed by atoms with Crippen LogP contribution in [0.25, 0.3) is 0 Å². The van der Waals surface area contributed by atoms with E-state index in [-0.39, 0.29) is 19.4 Å². The van der Waals surface area contributed by atoms with Gasteiger partial charge < -0.3 is 14.6 Å². The Kier molecular flexibility index (Phi) is 16.8. The molecular weight excluding hydrogens is 376 g/mol. The molecule has 0 aliphatic heterocycles. The maximum absolute atomic E-state index is 11.5. The third kappa shape index (κ3) is 15.6. The van der Waals surface area contributed by atoms with Gasteiger partial charge in [-0.25, -0.2) is 4.79 Å². The van der Waals surface area contributed by atoms with Crippen molar-refractivity contribution >= 4 is 11.9 Å². The van der Waals surface area contributed by atoms with Gasteiger partial charge in [-0.2, -0.15) is 4.89 Å². The van der Waals surface area contributed by atoms with Gasteiger partial charge in [-0.05, 0) is 49.7 Å². The van der Waals surface area contributed by atoms with E-state index in [2.05, 4.69) is 32.6 Å². The highest BCUT2D eigenvalue weighted by Crippen LogP contribution is 2.15. The van der Waals surface area contributed by atoms with Crippen LogP contribution in [0, 0.1) is 0 Å². The van der Waals surface area contributed by atoms with Gasteiger partial charge in [0.15, 0.2) is 6.61 Å². The van der Waals surface area contributed by atoms with Crippen molar-refractivity contribution in [3.8, 4) is 0 Å². The molecule has 0 aromatic heterocycles. The average Bonchev–Trinajstić information content (AvgIpc) is 2.71. The highest BCUT2D eigenvalue weighted by Gasteiger charge is 2.14. The van der Waals surface area contributed by atoms with Gasteiger partial charge >= 0.3 is 11.9 Å². The number of allylic oxidation sites excluding steroid dienone is 2. The molecule has 0 atom stereocenters. The summed E-state index contributed by atoms with van der Waals surface area (Å²) >= 11 is 0. The summed E-state index contributed by atoms with van der Waals surface area (Å²) in [6.45, 7) is 8.30. The number of carbonyl (C=O) groups excluding carboxylic acids is 1. The van der Waals surface area contributed by atoms with Gasteiger partial charge in [-0.15, -0.1) is 0 Å². The van der Waals surface area contributed by atoms with E-state index in [0.29, 0.717) is 0 Å². The molecule has 0 fully saturated rings. The third-order valence-corrected chi connectivity index (χ3v) is 4.28. The van der Waals surface area contributed by atoms with Crippen LogP contribution in [0.3, 0.4) is 0 Å². The van der Waals surface area contributed by atoms with Crippen molar-refractivity contribution in [2.75, 3.05) is 6.61 Å². The number of carboxylic acids is 1. The summed E-state index contributed by atoms with van der Waals surface area (Å²) < 4.78 is 11.5. The second kappa shape index (κ2) is 18.0. The molecule has 0 aliphatic carbocycles. The molecule has 0 bridgehead atoms. The van der Waals surface area contributed by atoms with Crippen LogP contribution in [0.15, 0.2) is 23.7 Å². The monoisotopic (exact) mass is 414 g/mol. The summed E-state index contributed by atoms with van der Waals surface area (Å²) in [5.41, 5.74) is 2.34. The summed E-state index contributed by atoms with van der Waals surface area (Å²) in [7, 11) is 0. The van der Waals surface area contributed by atoms with Crippen LogP contribution in [0.1, 0.15) is 91.9 Å². The first kappa shape index (κ1) is 27.0. The van der Waals surface area contributed by atoms with Crippen LogP contribution in [0.2, 0.25) is 0 Å². The predicted molar refractivity (Wildman–Crippen MR) is 111 cm³/mol. The Bertz CT molecular complexity index is 483. The number of ether oxygens (including phenoxy) is 2. The van der Waals surface area contributed by atoms with Gasteiger partial charge in [-0.1, -0.05) is 40.5 Å². The van der Waals surface area contributed by atoms with Gasteiger partial charge in [0.25, 0.3) is 6.29 Å². The molecule has 0 aromatic carbocycles. The van der Waals surface area contributed by atoms with E-state index in [0.717, 1.165) is 51.4 Å². The first-order valence-electron chi connectivity index (χ1n) is 10.7. The molecule has 0 radical (unpaired) electrons. The molecule has 7 nitrogen and oxygen atoms in total. The van der Waals surface area contributed by atoms with Gasteiger partial charge in [-0.3, -0.25) is 9.68 Å². The molecule has 0 aliphatic rings. The lowest BCUT2D eigenvalue weighted by atomic mass is 10.1. The molecule has 1 N–H and O–H groups in total. The Balaban J connectivity index is 4.80. The van der Waals surface area contributed by atoms with E-state index in [4.69, 9.17) is 19.5 Å². The Hall–Kier alpha value is -2.02. The summed E-state index contributed by atoms with van der Waals surface area (Å²) in [4.78, 5) is 31.5. The quantitative estimate of drug-likeness (QED) is 0.134. The van der Waals surface area contributed by atoms with Crippen molar-refractivity contribution in [2.45, 2.75) is 98.2 Å². The number of aliphatic carboxylic acids is 1. The summed E-state index contributed by atoms with van der Waals surface area (Å²) in [6, 6.07) is 0. The van der Waals surface area contributed by atoms with E-state index >= 15 is 0 Å². The normalized spacial score (nSPS) is 13.1. The number of carbonyl (C=O) groups is 2. The van der Waals surface area contributed by atoms with Crippen LogP contribution < -0.4 is 0 Å². The van der Waals surface area contributed by atoms with Gasteiger partial charge in [0.2, 0.25) is 0 Å². The summed E-state index contributed by atoms with van der Waals surface area (Å²) in [6.07, 6.45) is 10.1. The lowest BCUT2D eigenvalue weighted by molar-refractivity contribution is -0.296. The molecule has 0 amide bonds. The SMILES string of the molecule is CCCCC(=COC(COOC(=O)CCC(=O)O)OC=C(CC)CCCC)CC.